The molecule has 6 nitrogen and oxygen atoms in total. The van der Waals surface area contributed by atoms with Crippen LogP contribution < -0.4 is 0 Å². The van der Waals surface area contributed by atoms with Gasteiger partial charge in [-0.1, -0.05) is 146 Å². The largest absolute Gasteiger partial charge is 0.455 e. The van der Waals surface area contributed by atoms with Crippen molar-refractivity contribution in [3.8, 4) is 68.1 Å². The molecule has 49 heavy (non-hydrogen) atoms. The summed E-state index contributed by atoms with van der Waals surface area (Å²) in [5, 5.41) is 1.85. The molecule has 6 heteroatoms. The van der Waals surface area contributed by atoms with Crippen molar-refractivity contribution in [2.75, 3.05) is 0 Å². The molecule has 0 saturated heterocycles. The van der Waals surface area contributed by atoms with E-state index in [1.165, 1.54) is 0 Å². The number of aromatic nitrogens is 5. The van der Waals surface area contributed by atoms with E-state index in [9.17, 15) is 0 Å². The third-order valence-electron chi connectivity index (χ3n) is 8.57. The summed E-state index contributed by atoms with van der Waals surface area (Å²) >= 11 is 0. The van der Waals surface area contributed by atoms with Gasteiger partial charge in [-0.25, -0.2) is 24.9 Å². The van der Waals surface area contributed by atoms with Crippen molar-refractivity contribution in [1.82, 2.24) is 24.9 Å². The summed E-state index contributed by atoms with van der Waals surface area (Å²) in [6, 6.07) is 54.5. The number of benzene rings is 6. The number of fused-ring (bicyclic) bond motifs is 3. The number of para-hydroxylation sites is 1. The van der Waals surface area contributed by atoms with Crippen LogP contribution in [0, 0.1) is 0 Å². The van der Waals surface area contributed by atoms with Gasteiger partial charge in [0.15, 0.2) is 23.3 Å². The van der Waals surface area contributed by atoms with Gasteiger partial charge in [-0.2, -0.15) is 0 Å². The van der Waals surface area contributed by atoms with E-state index in [1.54, 1.807) is 0 Å². The van der Waals surface area contributed by atoms with Crippen molar-refractivity contribution in [2.45, 2.75) is 0 Å². The predicted octanol–water partition coefficient (Wildman–Crippen LogP) is 10.6. The lowest BCUT2D eigenvalue weighted by molar-refractivity contribution is 0.669. The van der Waals surface area contributed by atoms with Crippen molar-refractivity contribution in [1.29, 1.82) is 0 Å². The maximum atomic E-state index is 6.67. The molecule has 9 aromatic rings. The van der Waals surface area contributed by atoms with Crippen LogP contribution in [-0.4, -0.2) is 24.9 Å². The average molecular weight is 630 g/mol. The number of hydrogen-bond acceptors (Lipinski definition) is 6. The summed E-state index contributed by atoms with van der Waals surface area (Å²) in [6.07, 6.45) is 0. The van der Waals surface area contributed by atoms with Crippen LogP contribution in [0.1, 0.15) is 0 Å². The first-order valence-electron chi connectivity index (χ1n) is 16.1. The fraction of sp³-hybridized carbons (Fsp3) is 0. The van der Waals surface area contributed by atoms with Crippen LogP contribution in [0.3, 0.4) is 0 Å². The fourth-order valence-electron chi connectivity index (χ4n) is 6.22. The van der Waals surface area contributed by atoms with E-state index in [-0.39, 0.29) is 0 Å². The second kappa shape index (κ2) is 12.1. The Morgan fingerprint density at radius 1 is 0.347 bits per heavy atom. The lowest BCUT2D eigenvalue weighted by Gasteiger charge is -2.10. The molecule has 0 N–H and O–H groups in total. The molecule has 0 aliphatic rings. The molecular weight excluding hydrogens is 603 g/mol. The molecule has 0 spiro atoms. The Labute approximate surface area is 282 Å². The highest BCUT2D eigenvalue weighted by Crippen LogP contribution is 2.40. The van der Waals surface area contributed by atoms with E-state index in [1.807, 2.05) is 133 Å². The third kappa shape index (κ3) is 5.31. The summed E-state index contributed by atoms with van der Waals surface area (Å²) in [6.45, 7) is 0. The second-order valence-electron chi connectivity index (χ2n) is 11.7. The van der Waals surface area contributed by atoms with Crippen molar-refractivity contribution in [2.24, 2.45) is 0 Å². The molecule has 230 valence electrons. The quantitative estimate of drug-likeness (QED) is 0.182. The molecule has 3 aromatic heterocycles. The summed E-state index contributed by atoms with van der Waals surface area (Å²) in [7, 11) is 0. The maximum absolute atomic E-state index is 6.67. The molecule has 0 aliphatic carbocycles. The van der Waals surface area contributed by atoms with Crippen LogP contribution in [0.5, 0.6) is 0 Å². The number of hydrogen-bond donors (Lipinski definition) is 0. The van der Waals surface area contributed by atoms with Gasteiger partial charge in [0.1, 0.15) is 11.2 Å². The summed E-state index contributed by atoms with van der Waals surface area (Å²) < 4.78 is 6.67. The molecule has 6 aromatic carbocycles. The highest BCUT2D eigenvalue weighted by atomic mass is 16.3. The summed E-state index contributed by atoms with van der Waals surface area (Å²) in [5.41, 5.74) is 8.63. The highest BCUT2D eigenvalue weighted by Gasteiger charge is 2.21. The first-order chi connectivity index (χ1) is 24.3. The van der Waals surface area contributed by atoms with Gasteiger partial charge in [-0.3, -0.25) is 0 Å². The van der Waals surface area contributed by atoms with Gasteiger partial charge >= 0.3 is 0 Å². The van der Waals surface area contributed by atoms with Gasteiger partial charge in [0.05, 0.1) is 17.0 Å². The Kier molecular flexibility index (Phi) is 7.02. The first kappa shape index (κ1) is 28.4. The Bertz CT molecular complexity index is 2470. The second-order valence-corrected chi connectivity index (χ2v) is 11.7. The minimum Gasteiger partial charge on any atom is -0.455 e. The molecule has 0 bridgehead atoms. The van der Waals surface area contributed by atoms with E-state index in [0.29, 0.717) is 28.9 Å². The van der Waals surface area contributed by atoms with Crippen molar-refractivity contribution >= 4 is 21.9 Å². The topological polar surface area (TPSA) is 77.6 Å². The van der Waals surface area contributed by atoms with Crippen molar-refractivity contribution in [3.63, 3.8) is 0 Å². The van der Waals surface area contributed by atoms with E-state index < -0.39 is 0 Å². The van der Waals surface area contributed by atoms with Gasteiger partial charge in [-0.15, -0.1) is 0 Å². The molecule has 0 saturated carbocycles. The zero-order chi connectivity index (χ0) is 32.6. The van der Waals surface area contributed by atoms with E-state index in [0.717, 1.165) is 61.1 Å². The van der Waals surface area contributed by atoms with Gasteiger partial charge < -0.3 is 4.42 Å². The maximum Gasteiger partial charge on any atom is 0.164 e. The fourth-order valence-corrected chi connectivity index (χ4v) is 6.22. The Morgan fingerprint density at radius 3 is 1.35 bits per heavy atom. The average Bonchev–Trinajstić information content (AvgIpc) is 3.58. The Balaban J connectivity index is 1.26. The van der Waals surface area contributed by atoms with E-state index in [2.05, 4.69) is 30.3 Å². The number of rotatable bonds is 6. The Morgan fingerprint density at radius 2 is 0.796 bits per heavy atom. The highest BCUT2D eigenvalue weighted by molar-refractivity contribution is 6.14. The number of nitrogens with zero attached hydrogens (tertiary/aromatic N) is 5. The van der Waals surface area contributed by atoms with Gasteiger partial charge in [0.25, 0.3) is 0 Å². The molecular formula is C43H27N5O. The third-order valence-corrected chi connectivity index (χ3v) is 8.57. The van der Waals surface area contributed by atoms with E-state index in [4.69, 9.17) is 29.3 Å². The van der Waals surface area contributed by atoms with Gasteiger partial charge in [-0.05, 0) is 18.2 Å². The minimum atomic E-state index is 0.570. The number of furan rings is 1. The predicted molar refractivity (Wildman–Crippen MR) is 195 cm³/mol. The molecule has 9 rings (SSSR count). The smallest absolute Gasteiger partial charge is 0.164 e. The zero-order valence-corrected chi connectivity index (χ0v) is 26.2. The SMILES string of the molecule is c1ccc(-c2cc(-c3ccccc3)nc(-c3cccc4c3oc3cccc(-c5nc(-c6ccccc6)nc(-c6ccccc6)n5)c34)n2)cc1. The van der Waals surface area contributed by atoms with Crippen LogP contribution in [0.15, 0.2) is 168 Å². The molecule has 0 atom stereocenters. The minimum absolute atomic E-state index is 0.570. The van der Waals surface area contributed by atoms with E-state index >= 15 is 0 Å². The molecule has 0 fully saturated rings. The molecule has 0 aliphatic heterocycles. The van der Waals surface area contributed by atoms with Crippen LogP contribution in [0.25, 0.3) is 90.0 Å². The molecule has 0 amide bonds. The standard InChI is InChI=1S/C43H27N5O/c1-5-15-28(16-6-1)35-27-36(29-17-7-2-8-18-29)45-43(44-35)34-25-13-23-32-38-33(24-14-26-37(38)49-39(32)34)42-47-40(30-19-9-3-10-20-30)46-41(48-42)31-21-11-4-12-22-31/h1-27H. The van der Waals surface area contributed by atoms with Crippen molar-refractivity contribution in [3.05, 3.63) is 164 Å². The normalized spacial score (nSPS) is 11.3. The zero-order valence-electron chi connectivity index (χ0n) is 26.2. The summed E-state index contributed by atoms with van der Waals surface area (Å²) in [4.78, 5) is 25.1. The lowest BCUT2D eigenvalue weighted by atomic mass is 10.0. The molecule has 3 heterocycles. The van der Waals surface area contributed by atoms with Crippen molar-refractivity contribution < 1.29 is 4.42 Å². The summed E-state index contributed by atoms with van der Waals surface area (Å²) in [5.74, 6) is 2.37. The Hall–Kier alpha value is -6.79. The lowest BCUT2D eigenvalue weighted by Crippen LogP contribution is -2.00. The van der Waals surface area contributed by atoms with Gasteiger partial charge in [0, 0.05) is 38.6 Å². The molecule has 0 unspecified atom stereocenters. The molecule has 0 radical (unpaired) electrons. The monoisotopic (exact) mass is 629 g/mol. The first-order valence-corrected chi connectivity index (χ1v) is 16.1. The van der Waals surface area contributed by atoms with Crippen LogP contribution in [0.2, 0.25) is 0 Å². The van der Waals surface area contributed by atoms with Crippen LogP contribution in [0.4, 0.5) is 0 Å². The van der Waals surface area contributed by atoms with Crippen LogP contribution in [-0.2, 0) is 0 Å². The van der Waals surface area contributed by atoms with Crippen LogP contribution >= 0.6 is 0 Å². The van der Waals surface area contributed by atoms with Gasteiger partial charge in [0.2, 0.25) is 0 Å².